The van der Waals surface area contributed by atoms with Crippen LogP contribution in [0.2, 0.25) is 18.1 Å². The molecule has 0 amide bonds. The van der Waals surface area contributed by atoms with E-state index in [9.17, 15) is 9.32 Å². The number of aliphatic hydroxyl groups excluding tert-OH is 1. The topological polar surface area (TPSA) is 58.9 Å². The zero-order chi connectivity index (χ0) is 26.5. The number of aliphatic hydroxyl groups is 1. The molecule has 0 aliphatic rings. The molecule has 0 heterocycles. The van der Waals surface area contributed by atoms with E-state index in [0.717, 1.165) is 31.0 Å². The van der Waals surface area contributed by atoms with Crippen LogP contribution in [0.3, 0.4) is 0 Å². The summed E-state index contributed by atoms with van der Waals surface area (Å²) in [7, 11) is -3.29. The van der Waals surface area contributed by atoms with E-state index in [0.29, 0.717) is 22.6 Å². The molecule has 0 radical (unpaired) electrons. The SMILES string of the molecule is C=CCC[C@H](O[Si](CC)(CC)CC)[C@@H](/C=C(\[C@@H](O)CCC=C)S(=O)(=NC)c1ccccc1)C(C)C. The van der Waals surface area contributed by atoms with E-state index >= 15 is 0 Å². The highest BCUT2D eigenvalue weighted by Gasteiger charge is 2.36. The van der Waals surface area contributed by atoms with Crippen molar-refractivity contribution in [3.05, 3.63) is 66.6 Å². The van der Waals surface area contributed by atoms with Gasteiger partial charge in [-0.05, 0) is 61.9 Å². The summed E-state index contributed by atoms with van der Waals surface area (Å²) in [5.74, 6) is 0.228. The fourth-order valence-electron chi connectivity index (χ4n) is 4.61. The third-order valence-electron chi connectivity index (χ3n) is 7.16. The maximum Gasteiger partial charge on any atom is 0.192 e. The van der Waals surface area contributed by atoms with Crippen LogP contribution in [0.25, 0.3) is 0 Å². The third kappa shape index (κ3) is 8.55. The van der Waals surface area contributed by atoms with Crippen LogP contribution >= 0.6 is 0 Å². The highest BCUT2D eigenvalue weighted by molar-refractivity contribution is 7.97. The summed E-state index contributed by atoms with van der Waals surface area (Å²) in [4.78, 5) is 1.12. The molecule has 1 N–H and O–H groups in total. The first kappa shape index (κ1) is 31.6. The molecule has 1 aromatic carbocycles. The van der Waals surface area contributed by atoms with Gasteiger partial charge in [0.25, 0.3) is 0 Å². The molecular formula is C29H49NO3SSi. The van der Waals surface area contributed by atoms with Gasteiger partial charge in [-0.2, -0.15) is 0 Å². The zero-order valence-electron chi connectivity index (χ0n) is 22.9. The fraction of sp³-hybridized carbons (Fsp3) is 0.586. The molecule has 0 aliphatic heterocycles. The van der Waals surface area contributed by atoms with Crippen LogP contribution in [0.5, 0.6) is 0 Å². The van der Waals surface area contributed by atoms with Crippen LogP contribution in [-0.4, -0.2) is 36.9 Å². The number of nitrogens with zero attached hydrogens (tertiary/aromatic N) is 1. The monoisotopic (exact) mass is 519 g/mol. The van der Waals surface area contributed by atoms with Gasteiger partial charge in [-0.3, -0.25) is 0 Å². The van der Waals surface area contributed by atoms with Gasteiger partial charge >= 0.3 is 0 Å². The highest BCUT2D eigenvalue weighted by Crippen LogP contribution is 2.35. The normalized spacial score (nSPS) is 16.9. The van der Waals surface area contributed by atoms with E-state index in [-0.39, 0.29) is 17.9 Å². The molecule has 4 atom stereocenters. The third-order valence-corrected chi connectivity index (χ3v) is 14.3. The lowest BCUT2D eigenvalue weighted by molar-refractivity contribution is 0.110. The molecule has 0 bridgehead atoms. The lowest BCUT2D eigenvalue weighted by Gasteiger charge is -2.38. The van der Waals surface area contributed by atoms with Gasteiger partial charge in [-0.1, -0.05) is 71.0 Å². The van der Waals surface area contributed by atoms with Crippen molar-refractivity contribution in [1.29, 1.82) is 0 Å². The standard InChI is InChI=1S/C29H49NO3SSi/c1-9-14-21-27(31)29(34(32,30-8)25-19-17-16-18-20-25)23-26(24(6)7)28(22-15-10-2)33-35(11-3,12-4)13-5/h9-10,16-20,23-24,26-28,31H,1-2,11-15,21-22H2,3-8H3/b29-23+/t26-,27-,28-,34?/m0/s1. The van der Waals surface area contributed by atoms with Crippen molar-refractivity contribution in [2.45, 2.75) is 95.5 Å². The largest absolute Gasteiger partial charge is 0.413 e. The van der Waals surface area contributed by atoms with Crippen molar-refractivity contribution >= 4 is 18.0 Å². The molecule has 0 fully saturated rings. The average Bonchev–Trinajstić information content (AvgIpc) is 2.88. The van der Waals surface area contributed by atoms with E-state index in [1.54, 1.807) is 13.1 Å². The molecule has 0 aliphatic carbocycles. The molecule has 6 heteroatoms. The molecule has 0 saturated carbocycles. The van der Waals surface area contributed by atoms with Gasteiger partial charge in [0, 0.05) is 13.0 Å². The van der Waals surface area contributed by atoms with E-state index in [4.69, 9.17) is 4.43 Å². The Hall–Kier alpha value is -1.47. The van der Waals surface area contributed by atoms with E-state index in [2.05, 4.69) is 58.2 Å². The van der Waals surface area contributed by atoms with Crippen LogP contribution in [0.15, 0.2) is 75.9 Å². The number of benzene rings is 1. The number of allylic oxidation sites excluding steroid dienone is 2. The maximum atomic E-state index is 14.4. The summed E-state index contributed by atoms with van der Waals surface area (Å²) < 4.78 is 25.9. The quantitative estimate of drug-likeness (QED) is 0.168. The molecule has 0 saturated heterocycles. The summed E-state index contributed by atoms with van der Waals surface area (Å²) in [6.07, 6.45) is 7.66. The first-order valence-corrected chi connectivity index (χ1v) is 17.2. The van der Waals surface area contributed by atoms with E-state index in [1.807, 2.05) is 36.4 Å². The molecule has 1 rings (SSSR count). The summed E-state index contributed by atoms with van der Waals surface area (Å²) in [6.45, 7) is 18.8. The average molecular weight is 520 g/mol. The Bertz CT molecular complexity index is 907. The van der Waals surface area contributed by atoms with Crippen molar-refractivity contribution in [1.82, 2.24) is 0 Å². The van der Waals surface area contributed by atoms with Gasteiger partial charge < -0.3 is 9.53 Å². The predicted octanol–water partition coefficient (Wildman–Crippen LogP) is 7.98. The Morgan fingerprint density at radius 1 is 1.06 bits per heavy atom. The van der Waals surface area contributed by atoms with Gasteiger partial charge in [0.2, 0.25) is 0 Å². The molecule has 0 spiro atoms. The Balaban J connectivity index is 3.75. The summed E-state index contributed by atoms with van der Waals surface area (Å²) >= 11 is 0. The summed E-state index contributed by atoms with van der Waals surface area (Å²) in [6, 6.07) is 12.5. The first-order valence-electron chi connectivity index (χ1n) is 13.2. The van der Waals surface area contributed by atoms with E-state index < -0.39 is 24.2 Å². The van der Waals surface area contributed by atoms with Crippen LogP contribution in [0.1, 0.15) is 60.3 Å². The maximum absolute atomic E-state index is 14.4. The molecule has 1 unspecified atom stereocenters. The summed E-state index contributed by atoms with van der Waals surface area (Å²) in [5, 5.41) is 11.3. The van der Waals surface area contributed by atoms with E-state index in [1.165, 1.54) is 0 Å². The zero-order valence-corrected chi connectivity index (χ0v) is 24.7. The van der Waals surface area contributed by atoms with Gasteiger partial charge in [-0.25, -0.2) is 8.57 Å². The Labute approximate surface area is 216 Å². The molecular weight excluding hydrogens is 470 g/mol. The van der Waals surface area contributed by atoms with Gasteiger partial charge in [0.1, 0.15) is 9.73 Å². The molecule has 1 aromatic rings. The van der Waals surface area contributed by atoms with Gasteiger partial charge in [0.05, 0.1) is 22.0 Å². The molecule has 35 heavy (non-hydrogen) atoms. The van der Waals surface area contributed by atoms with Crippen LogP contribution < -0.4 is 0 Å². The van der Waals surface area contributed by atoms with Crippen molar-refractivity contribution in [3.8, 4) is 0 Å². The second-order valence-corrected chi connectivity index (χ2v) is 16.6. The lowest BCUT2D eigenvalue weighted by atomic mass is 9.87. The number of rotatable bonds is 17. The van der Waals surface area contributed by atoms with Crippen LogP contribution in [0, 0.1) is 11.8 Å². The first-order chi connectivity index (χ1) is 16.7. The van der Waals surface area contributed by atoms with Crippen molar-refractivity contribution in [2.75, 3.05) is 7.05 Å². The molecule has 0 aromatic heterocycles. The molecule has 4 nitrogen and oxygen atoms in total. The van der Waals surface area contributed by atoms with Crippen molar-refractivity contribution in [2.24, 2.45) is 16.2 Å². The second-order valence-electron chi connectivity index (χ2n) is 9.56. The van der Waals surface area contributed by atoms with Gasteiger partial charge in [0.15, 0.2) is 8.32 Å². The Kier molecular flexibility index (Phi) is 14.1. The van der Waals surface area contributed by atoms with Crippen molar-refractivity contribution < 1.29 is 13.7 Å². The minimum Gasteiger partial charge on any atom is -0.413 e. The smallest absolute Gasteiger partial charge is 0.192 e. The minimum atomic E-state index is -2.98. The Morgan fingerprint density at radius 2 is 1.60 bits per heavy atom. The lowest BCUT2D eigenvalue weighted by Crippen LogP contribution is -2.43. The Morgan fingerprint density at radius 3 is 2.06 bits per heavy atom. The fourth-order valence-corrected chi connectivity index (χ4v) is 9.57. The summed E-state index contributed by atoms with van der Waals surface area (Å²) in [5.41, 5.74) is 0. The molecule has 198 valence electrons. The number of hydrogen-bond acceptors (Lipinski definition) is 4. The van der Waals surface area contributed by atoms with Crippen molar-refractivity contribution in [3.63, 3.8) is 0 Å². The predicted molar refractivity (Wildman–Crippen MR) is 155 cm³/mol. The van der Waals surface area contributed by atoms with Crippen LogP contribution in [0.4, 0.5) is 0 Å². The highest BCUT2D eigenvalue weighted by atomic mass is 32.2. The second kappa shape index (κ2) is 15.6. The number of hydrogen-bond donors (Lipinski definition) is 1. The van der Waals surface area contributed by atoms with Gasteiger partial charge in [-0.15, -0.1) is 13.2 Å². The van der Waals surface area contributed by atoms with Crippen LogP contribution in [-0.2, 0) is 14.2 Å². The minimum absolute atomic E-state index is 0.00820.